The van der Waals surface area contributed by atoms with Crippen LogP contribution in [0.3, 0.4) is 0 Å². The molecule has 130 valence electrons. The van der Waals surface area contributed by atoms with Gasteiger partial charge in [-0.25, -0.2) is 4.39 Å². The number of hydrogen-bond donors (Lipinski definition) is 2. The number of likely N-dealkylation sites (N-methyl/N-ethyl adjacent to an activating group) is 1. The lowest BCUT2D eigenvalue weighted by Gasteiger charge is -2.23. The number of carbonyl (C=O) groups is 1. The van der Waals surface area contributed by atoms with E-state index in [0.717, 1.165) is 16.8 Å². The molecule has 0 aliphatic carbocycles. The van der Waals surface area contributed by atoms with Crippen LogP contribution in [0.4, 0.5) is 10.1 Å². The van der Waals surface area contributed by atoms with E-state index >= 15 is 0 Å². The van der Waals surface area contributed by atoms with Crippen molar-refractivity contribution in [2.24, 2.45) is 5.16 Å². The first-order chi connectivity index (χ1) is 12.1. The molecule has 1 heterocycles. The molecule has 1 aliphatic rings. The minimum Gasteiger partial charge on any atom is -0.411 e. The fourth-order valence-electron chi connectivity index (χ4n) is 3.18. The Morgan fingerprint density at radius 3 is 2.76 bits per heavy atom. The van der Waals surface area contributed by atoms with Gasteiger partial charge in [-0.1, -0.05) is 29.4 Å². The molecule has 5 nitrogen and oxygen atoms in total. The number of rotatable bonds is 3. The number of oxime groups is 1. The number of nitrogens with one attached hydrogen (secondary N) is 1. The minimum absolute atomic E-state index is 0.0668. The van der Waals surface area contributed by atoms with Crippen molar-refractivity contribution in [3.63, 3.8) is 0 Å². The SMILES string of the molecule is CCN1C(=O)CNC(c2ccccc2F)c2cc(C(C)=NO)ccc21. The quantitative estimate of drug-likeness (QED) is 0.512. The van der Waals surface area contributed by atoms with E-state index in [1.807, 2.05) is 19.1 Å². The van der Waals surface area contributed by atoms with Gasteiger partial charge in [0.25, 0.3) is 0 Å². The number of benzene rings is 2. The molecule has 0 saturated heterocycles. The molecule has 0 bridgehead atoms. The Morgan fingerprint density at radius 1 is 1.32 bits per heavy atom. The Labute approximate surface area is 145 Å². The number of fused-ring (bicyclic) bond motifs is 1. The largest absolute Gasteiger partial charge is 0.411 e. The molecule has 6 heteroatoms. The molecule has 0 radical (unpaired) electrons. The number of halogens is 1. The molecular weight excluding hydrogens is 321 g/mol. The van der Waals surface area contributed by atoms with Crippen molar-refractivity contribution in [2.45, 2.75) is 19.9 Å². The Bertz CT molecular complexity index is 835. The predicted molar refractivity (Wildman–Crippen MR) is 94.7 cm³/mol. The first kappa shape index (κ1) is 17.1. The van der Waals surface area contributed by atoms with E-state index in [9.17, 15) is 9.18 Å². The molecule has 0 fully saturated rings. The molecule has 0 aromatic heterocycles. The summed E-state index contributed by atoms with van der Waals surface area (Å²) in [4.78, 5) is 14.1. The van der Waals surface area contributed by atoms with Gasteiger partial charge in [-0.15, -0.1) is 0 Å². The summed E-state index contributed by atoms with van der Waals surface area (Å²) in [7, 11) is 0. The third kappa shape index (κ3) is 3.13. The van der Waals surface area contributed by atoms with Crippen molar-refractivity contribution < 1.29 is 14.4 Å². The normalized spacial score (nSPS) is 18.0. The van der Waals surface area contributed by atoms with Crippen molar-refractivity contribution in [3.8, 4) is 0 Å². The molecule has 1 aliphatic heterocycles. The highest BCUT2D eigenvalue weighted by molar-refractivity contribution is 6.01. The summed E-state index contributed by atoms with van der Waals surface area (Å²) in [6.07, 6.45) is 0. The second-order valence-electron chi connectivity index (χ2n) is 5.93. The Balaban J connectivity index is 2.22. The monoisotopic (exact) mass is 341 g/mol. The summed E-state index contributed by atoms with van der Waals surface area (Å²) >= 11 is 0. The van der Waals surface area contributed by atoms with E-state index in [1.54, 1.807) is 36.1 Å². The van der Waals surface area contributed by atoms with Gasteiger partial charge in [0.05, 0.1) is 18.3 Å². The smallest absolute Gasteiger partial charge is 0.240 e. The van der Waals surface area contributed by atoms with Crippen LogP contribution >= 0.6 is 0 Å². The molecule has 3 rings (SSSR count). The van der Waals surface area contributed by atoms with Crippen molar-refractivity contribution >= 4 is 17.3 Å². The highest BCUT2D eigenvalue weighted by Crippen LogP contribution is 2.35. The summed E-state index contributed by atoms with van der Waals surface area (Å²) in [5.41, 5.74) is 3.16. The van der Waals surface area contributed by atoms with Gasteiger partial charge < -0.3 is 10.1 Å². The van der Waals surface area contributed by atoms with Crippen LogP contribution in [0.25, 0.3) is 0 Å². The maximum atomic E-state index is 14.4. The van der Waals surface area contributed by atoms with Gasteiger partial charge in [0, 0.05) is 17.8 Å². The summed E-state index contributed by atoms with van der Waals surface area (Å²) < 4.78 is 14.4. The first-order valence-electron chi connectivity index (χ1n) is 8.18. The van der Waals surface area contributed by atoms with E-state index in [4.69, 9.17) is 5.21 Å². The van der Waals surface area contributed by atoms with E-state index in [0.29, 0.717) is 17.8 Å². The summed E-state index contributed by atoms with van der Waals surface area (Å²) in [6, 6.07) is 11.5. The van der Waals surface area contributed by atoms with Gasteiger partial charge in [-0.2, -0.15) is 0 Å². The molecule has 0 spiro atoms. The third-order valence-corrected chi connectivity index (χ3v) is 4.49. The van der Waals surface area contributed by atoms with E-state index in [2.05, 4.69) is 10.5 Å². The molecular formula is C19H20FN3O2. The molecule has 1 amide bonds. The topological polar surface area (TPSA) is 64.9 Å². The van der Waals surface area contributed by atoms with Crippen LogP contribution in [0, 0.1) is 5.82 Å². The van der Waals surface area contributed by atoms with Gasteiger partial charge in [-0.05, 0) is 43.2 Å². The average Bonchev–Trinajstić information content (AvgIpc) is 2.77. The standard InChI is InChI=1S/C19H20FN3O2/c1-3-23-17-9-8-13(12(2)22-25)10-15(17)19(21-11-18(23)24)14-6-4-5-7-16(14)20/h4-10,19,21,25H,3,11H2,1-2H3. The molecule has 0 saturated carbocycles. The maximum absolute atomic E-state index is 14.4. The zero-order valence-electron chi connectivity index (χ0n) is 14.2. The fraction of sp³-hybridized carbons (Fsp3) is 0.263. The van der Waals surface area contributed by atoms with Crippen molar-refractivity contribution in [1.29, 1.82) is 0 Å². The second kappa shape index (κ2) is 7.03. The molecule has 2 aromatic rings. The van der Waals surface area contributed by atoms with Crippen molar-refractivity contribution in [3.05, 3.63) is 65.0 Å². The number of hydrogen-bond acceptors (Lipinski definition) is 4. The number of carbonyl (C=O) groups excluding carboxylic acids is 1. The maximum Gasteiger partial charge on any atom is 0.240 e. The Kier molecular flexibility index (Phi) is 4.81. The zero-order chi connectivity index (χ0) is 18.0. The lowest BCUT2D eigenvalue weighted by Crippen LogP contribution is -2.36. The van der Waals surface area contributed by atoms with E-state index in [-0.39, 0.29) is 18.3 Å². The van der Waals surface area contributed by atoms with Gasteiger partial charge >= 0.3 is 0 Å². The number of amides is 1. The Morgan fingerprint density at radius 2 is 2.08 bits per heavy atom. The summed E-state index contributed by atoms with van der Waals surface area (Å²) in [5.74, 6) is -0.399. The summed E-state index contributed by atoms with van der Waals surface area (Å²) in [5, 5.41) is 15.5. The fourth-order valence-corrected chi connectivity index (χ4v) is 3.18. The number of nitrogens with zero attached hydrogens (tertiary/aromatic N) is 2. The van der Waals surface area contributed by atoms with Crippen LogP contribution in [0.15, 0.2) is 47.6 Å². The number of anilines is 1. The molecule has 1 unspecified atom stereocenters. The average molecular weight is 341 g/mol. The van der Waals surface area contributed by atoms with Crippen LogP contribution < -0.4 is 10.2 Å². The van der Waals surface area contributed by atoms with Crippen LogP contribution in [-0.4, -0.2) is 29.9 Å². The van der Waals surface area contributed by atoms with Gasteiger partial charge in [0.2, 0.25) is 5.91 Å². The van der Waals surface area contributed by atoms with Crippen LogP contribution in [0.5, 0.6) is 0 Å². The first-order valence-corrected chi connectivity index (χ1v) is 8.18. The van der Waals surface area contributed by atoms with Gasteiger partial charge in [0.15, 0.2) is 0 Å². The minimum atomic E-state index is -0.469. The second-order valence-corrected chi connectivity index (χ2v) is 5.93. The third-order valence-electron chi connectivity index (χ3n) is 4.49. The lowest BCUT2D eigenvalue weighted by molar-refractivity contribution is -0.117. The molecule has 1 atom stereocenters. The van der Waals surface area contributed by atoms with Crippen LogP contribution in [-0.2, 0) is 4.79 Å². The molecule has 25 heavy (non-hydrogen) atoms. The van der Waals surface area contributed by atoms with Crippen molar-refractivity contribution in [1.82, 2.24) is 5.32 Å². The zero-order valence-corrected chi connectivity index (χ0v) is 14.2. The van der Waals surface area contributed by atoms with Gasteiger partial charge in [-0.3, -0.25) is 10.1 Å². The van der Waals surface area contributed by atoms with Crippen molar-refractivity contribution in [2.75, 3.05) is 18.0 Å². The van der Waals surface area contributed by atoms with E-state index < -0.39 is 6.04 Å². The van der Waals surface area contributed by atoms with Gasteiger partial charge in [0.1, 0.15) is 5.82 Å². The highest BCUT2D eigenvalue weighted by Gasteiger charge is 2.29. The molecule has 2 N–H and O–H groups in total. The van der Waals surface area contributed by atoms with Crippen LogP contribution in [0.1, 0.15) is 36.6 Å². The predicted octanol–water partition coefficient (Wildman–Crippen LogP) is 3.07. The highest BCUT2D eigenvalue weighted by atomic mass is 19.1. The van der Waals surface area contributed by atoms with E-state index in [1.165, 1.54) is 6.07 Å². The van der Waals surface area contributed by atoms with Crippen LogP contribution in [0.2, 0.25) is 0 Å². The Hall–Kier alpha value is -2.73. The summed E-state index contributed by atoms with van der Waals surface area (Å²) in [6.45, 7) is 4.22. The lowest BCUT2D eigenvalue weighted by atomic mass is 9.94. The molecule has 2 aromatic carbocycles.